The smallest absolute Gasteiger partial charge is 0.252 e. The van der Waals surface area contributed by atoms with Crippen molar-refractivity contribution in [2.75, 3.05) is 11.5 Å². The number of nitrogens with one attached hydrogen (secondary N) is 3. The average molecular weight is 596 g/mol. The van der Waals surface area contributed by atoms with Crippen LogP contribution >= 0.6 is 0 Å². The van der Waals surface area contributed by atoms with Gasteiger partial charge in [0.15, 0.2) is 5.96 Å². The molecule has 13 nitrogen and oxygen atoms in total. The molecule has 4 aromatic rings. The van der Waals surface area contributed by atoms with Crippen molar-refractivity contribution >= 4 is 30.4 Å². The van der Waals surface area contributed by atoms with Crippen molar-refractivity contribution in [1.29, 1.82) is 5.41 Å². The largest absolute Gasteiger partial charge is 0.370 e. The number of hydrogen-bond donors (Lipinski definition) is 7. The summed E-state index contributed by atoms with van der Waals surface area (Å²) in [6, 6.07) is 17.5. The molecule has 0 radical (unpaired) electrons. The van der Waals surface area contributed by atoms with E-state index in [1.54, 1.807) is 24.3 Å². The minimum Gasteiger partial charge on any atom is -0.370 e. The third kappa shape index (κ3) is 16.3. The Balaban J connectivity index is -0.000000716. The van der Waals surface area contributed by atoms with Crippen LogP contribution in [-0.4, -0.2) is 38.5 Å². The molecule has 0 saturated heterocycles. The van der Waals surface area contributed by atoms with Gasteiger partial charge >= 0.3 is 0 Å². The third-order valence-electron chi connectivity index (χ3n) is 4.85. The summed E-state index contributed by atoms with van der Waals surface area (Å²) >= 11 is 0. The first-order chi connectivity index (χ1) is 18.6. The van der Waals surface area contributed by atoms with E-state index in [-0.39, 0.29) is 58.7 Å². The molecule has 13 heteroatoms. The fourth-order valence-corrected chi connectivity index (χ4v) is 3.26. The van der Waals surface area contributed by atoms with E-state index in [2.05, 4.69) is 31.4 Å². The zero-order valence-electron chi connectivity index (χ0n) is 20.9. The lowest BCUT2D eigenvalue weighted by atomic mass is 10.0. The summed E-state index contributed by atoms with van der Waals surface area (Å²) in [6.45, 7) is 0. The van der Waals surface area contributed by atoms with Crippen molar-refractivity contribution < 1.29 is 9.59 Å². The SMILES string of the molecule is C.C.C.C.N=C(N)N.Nc1nc(Cc2ccc(Cc3cc(=O)[nH]c(N)n3)cc2)cc(=O)[nH]1.O=CCc1ccc(C=O)cc1. The maximum absolute atomic E-state index is 11.4. The Morgan fingerprint density at radius 1 is 0.698 bits per heavy atom. The molecule has 0 atom stereocenters. The second-order valence-corrected chi connectivity index (χ2v) is 8.10. The van der Waals surface area contributed by atoms with Crippen molar-refractivity contribution in [2.24, 2.45) is 11.5 Å². The van der Waals surface area contributed by atoms with Crippen molar-refractivity contribution in [2.45, 2.75) is 49.0 Å². The summed E-state index contributed by atoms with van der Waals surface area (Å²) in [6.07, 6.45) is 3.05. The van der Waals surface area contributed by atoms with E-state index in [9.17, 15) is 19.2 Å². The molecule has 43 heavy (non-hydrogen) atoms. The molecular weight excluding hydrogens is 550 g/mol. The molecule has 0 fully saturated rings. The molecule has 0 aliphatic heterocycles. The van der Waals surface area contributed by atoms with Crippen LogP contribution in [0, 0.1) is 5.41 Å². The number of carbonyl (C=O) groups is 2. The molecule has 0 bridgehead atoms. The Hall–Kier alpha value is -5.59. The molecule has 0 amide bonds. The summed E-state index contributed by atoms with van der Waals surface area (Å²) in [5, 5.41) is 6.06. The average Bonchev–Trinajstić information content (AvgIpc) is 2.85. The highest BCUT2D eigenvalue weighted by molar-refractivity contribution is 5.74. The van der Waals surface area contributed by atoms with Crippen LogP contribution < -0.4 is 34.1 Å². The zero-order valence-corrected chi connectivity index (χ0v) is 20.9. The van der Waals surface area contributed by atoms with Crippen LogP contribution in [0.1, 0.15) is 68.1 Å². The van der Waals surface area contributed by atoms with Crippen LogP contribution in [0.4, 0.5) is 11.9 Å². The van der Waals surface area contributed by atoms with Gasteiger partial charge in [-0.3, -0.25) is 29.8 Å². The highest BCUT2D eigenvalue weighted by Gasteiger charge is 2.04. The molecule has 234 valence electrons. The Morgan fingerprint density at radius 2 is 1.05 bits per heavy atom. The van der Waals surface area contributed by atoms with E-state index in [1.807, 2.05) is 24.3 Å². The summed E-state index contributed by atoms with van der Waals surface area (Å²) in [4.78, 5) is 56.1. The molecule has 0 aliphatic rings. The van der Waals surface area contributed by atoms with Gasteiger partial charge in [0.05, 0.1) is 11.4 Å². The fourth-order valence-electron chi connectivity index (χ4n) is 3.26. The lowest BCUT2D eigenvalue weighted by Crippen LogP contribution is -2.20. The molecule has 0 saturated carbocycles. The molecule has 0 aliphatic carbocycles. The van der Waals surface area contributed by atoms with Crippen LogP contribution in [0.15, 0.2) is 70.3 Å². The van der Waals surface area contributed by atoms with Crippen molar-refractivity contribution in [3.63, 3.8) is 0 Å². The number of aromatic amines is 2. The zero-order chi connectivity index (χ0) is 28.8. The predicted molar refractivity (Wildman–Crippen MR) is 175 cm³/mol. The van der Waals surface area contributed by atoms with E-state index in [4.69, 9.17) is 16.9 Å². The number of nitrogen functional groups attached to an aromatic ring is 2. The number of hydrogen-bond acceptors (Lipinski definition) is 9. The standard InChI is InChI=1S/C16H16N6O2.C9H8O2.CH5N3.4CH4/c17-15-19-11(7-13(23)21-15)5-9-1-2-10(4-3-9)6-12-8-14(24)22-16(18)20-12;10-6-5-8-1-3-9(7-11)4-2-8;2-1(3)4;;;;/h1-4,7-8H,5-6H2,(H3,17,19,21,23)(H3,18,20,22,24);1-4,6-7H,5H2;(H5,2,3,4);4*1H4. The molecular formula is C30H45N9O4. The third-order valence-corrected chi connectivity index (χ3v) is 4.85. The van der Waals surface area contributed by atoms with E-state index >= 15 is 0 Å². The first kappa shape index (κ1) is 41.9. The number of nitrogens with zero attached hydrogens (tertiary/aromatic N) is 2. The van der Waals surface area contributed by atoms with E-state index in [1.165, 1.54) is 12.1 Å². The highest BCUT2D eigenvalue weighted by atomic mass is 16.1. The number of anilines is 2. The summed E-state index contributed by atoms with van der Waals surface area (Å²) in [7, 11) is 0. The molecule has 0 spiro atoms. The second kappa shape index (κ2) is 21.2. The van der Waals surface area contributed by atoms with Gasteiger partial charge in [-0.25, -0.2) is 9.97 Å². The Bertz CT molecular complexity index is 1430. The first-order valence-electron chi connectivity index (χ1n) is 11.4. The lowest BCUT2D eigenvalue weighted by Gasteiger charge is -2.05. The van der Waals surface area contributed by atoms with E-state index in [0.717, 1.165) is 29.3 Å². The van der Waals surface area contributed by atoms with Gasteiger partial charge in [-0.1, -0.05) is 78.2 Å². The number of carbonyl (C=O) groups excluding carboxylic acids is 2. The molecule has 0 unspecified atom stereocenters. The number of aromatic nitrogens is 4. The van der Waals surface area contributed by atoms with Gasteiger partial charge in [0.2, 0.25) is 11.9 Å². The number of aldehydes is 2. The van der Waals surface area contributed by atoms with E-state index < -0.39 is 0 Å². The van der Waals surface area contributed by atoms with E-state index in [0.29, 0.717) is 36.2 Å². The van der Waals surface area contributed by atoms with Gasteiger partial charge in [0.1, 0.15) is 12.6 Å². The van der Waals surface area contributed by atoms with Crippen LogP contribution in [-0.2, 0) is 24.1 Å². The van der Waals surface area contributed by atoms with Crippen LogP contribution in [0.5, 0.6) is 0 Å². The summed E-state index contributed by atoms with van der Waals surface area (Å²) in [5.41, 5.74) is 24.2. The molecule has 4 rings (SSSR count). The Morgan fingerprint density at radius 3 is 1.35 bits per heavy atom. The van der Waals surface area contributed by atoms with Crippen LogP contribution in [0.3, 0.4) is 0 Å². The van der Waals surface area contributed by atoms with Gasteiger partial charge in [0, 0.05) is 37.0 Å². The lowest BCUT2D eigenvalue weighted by molar-refractivity contribution is -0.107. The minimum atomic E-state index is -0.333. The number of benzene rings is 2. The van der Waals surface area contributed by atoms with Crippen LogP contribution in [0.25, 0.3) is 0 Å². The predicted octanol–water partition coefficient (Wildman–Crippen LogP) is 2.82. The number of nitrogens with two attached hydrogens (primary N) is 4. The maximum atomic E-state index is 11.4. The quantitative estimate of drug-likeness (QED) is 0.0933. The fraction of sp³-hybridized carbons (Fsp3) is 0.233. The summed E-state index contributed by atoms with van der Waals surface area (Å²) < 4.78 is 0. The second-order valence-electron chi connectivity index (χ2n) is 8.10. The van der Waals surface area contributed by atoms with Gasteiger partial charge < -0.3 is 27.7 Å². The molecule has 2 aromatic heterocycles. The first-order valence-corrected chi connectivity index (χ1v) is 11.4. The van der Waals surface area contributed by atoms with Crippen LogP contribution in [0.2, 0.25) is 0 Å². The van der Waals surface area contributed by atoms with Gasteiger partial charge in [-0.15, -0.1) is 0 Å². The molecule has 2 heterocycles. The van der Waals surface area contributed by atoms with Crippen molar-refractivity contribution in [3.05, 3.63) is 115 Å². The maximum Gasteiger partial charge on any atom is 0.252 e. The topological polar surface area (TPSA) is 254 Å². The molecule has 11 N–H and O–H groups in total. The van der Waals surface area contributed by atoms with Crippen molar-refractivity contribution in [3.8, 4) is 0 Å². The Labute approximate surface area is 252 Å². The minimum absolute atomic E-state index is 0. The molecule has 2 aromatic carbocycles. The highest BCUT2D eigenvalue weighted by Crippen LogP contribution is 2.12. The number of rotatable bonds is 7. The Kier molecular flexibility index (Phi) is 20.6. The van der Waals surface area contributed by atoms with Gasteiger partial charge in [-0.05, 0) is 16.7 Å². The van der Waals surface area contributed by atoms with Gasteiger partial charge in [0.25, 0.3) is 11.1 Å². The number of H-pyrrole nitrogens is 2. The normalized spacial score (nSPS) is 8.84. The van der Waals surface area contributed by atoms with Crippen molar-refractivity contribution in [1.82, 2.24) is 19.9 Å². The monoisotopic (exact) mass is 595 g/mol. The number of guanidine groups is 1. The summed E-state index contributed by atoms with van der Waals surface area (Å²) in [5.74, 6) is -0.126. The van der Waals surface area contributed by atoms with Gasteiger partial charge in [-0.2, -0.15) is 0 Å².